The number of nitrogens with zero attached hydrogens (tertiary/aromatic N) is 3. The number of nitriles is 1. The first-order valence-corrected chi connectivity index (χ1v) is 5.04. The van der Waals surface area contributed by atoms with Gasteiger partial charge in [0.2, 0.25) is 0 Å². The van der Waals surface area contributed by atoms with Crippen LogP contribution in [0.3, 0.4) is 0 Å². The van der Waals surface area contributed by atoms with Crippen molar-refractivity contribution in [1.29, 1.82) is 5.26 Å². The van der Waals surface area contributed by atoms with Crippen molar-refractivity contribution >= 4 is 22.4 Å². The van der Waals surface area contributed by atoms with Gasteiger partial charge in [-0.1, -0.05) is 18.2 Å². The van der Waals surface area contributed by atoms with Crippen molar-refractivity contribution in [2.24, 2.45) is 4.99 Å². The zero-order chi connectivity index (χ0) is 12.0. The van der Waals surface area contributed by atoms with Crippen LogP contribution in [0.1, 0.15) is 5.69 Å². The molecule has 0 aliphatic carbocycles. The van der Waals surface area contributed by atoms with Gasteiger partial charge in [0.15, 0.2) is 11.6 Å². The lowest BCUT2D eigenvalue weighted by atomic mass is 10.1. The Balaban J connectivity index is 2.47. The van der Waals surface area contributed by atoms with Crippen LogP contribution in [-0.4, -0.2) is 21.3 Å². The van der Waals surface area contributed by atoms with Gasteiger partial charge in [-0.2, -0.15) is 10.3 Å². The van der Waals surface area contributed by atoms with Crippen molar-refractivity contribution in [1.82, 2.24) is 4.57 Å². The lowest BCUT2D eigenvalue weighted by Gasteiger charge is -2.11. The van der Waals surface area contributed by atoms with Crippen LogP contribution in [0.2, 0.25) is 0 Å². The number of hydrogen-bond donors (Lipinski definition) is 1. The Morgan fingerprint density at radius 3 is 2.76 bits per heavy atom. The van der Waals surface area contributed by atoms with Gasteiger partial charge in [-0.05, 0) is 6.07 Å². The zero-order valence-corrected chi connectivity index (χ0v) is 8.71. The summed E-state index contributed by atoms with van der Waals surface area (Å²) in [4.78, 5) is 15.0. The monoisotopic (exact) mass is 225 g/mol. The summed E-state index contributed by atoms with van der Waals surface area (Å²) < 4.78 is 1.43. The molecule has 0 spiro atoms. The Bertz CT molecular complexity index is 719. The van der Waals surface area contributed by atoms with E-state index in [0.29, 0.717) is 11.1 Å². The number of benzene rings is 1. The number of aliphatic imine (C=N–C) groups is 1. The van der Waals surface area contributed by atoms with Gasteiger partial charge in [0, 0.05) is 10.8 Å². The van der Waals surface area contributed by atoms with E-state index in [2.05, 4.69) is 4.99 Å². The maximum absolute atomic E-state index is 11.4. The normalized spacial score (nSPS) is 14.3. The highest BCUT2D eigenvalue weighted by atomic mass is 16.3. The van der Waals surface area contributed by atoms with Gasteiger partial charge in [0.25, 0.3) is 5.91 Å². The van der Waals surface area contributed by atoms with Crippen LogP contribution in [-0.2, 0) is 11.3 Å². The second-order valence-corrected chi connectivity index (χ2v) is 3.77. The molecular formula is C12H7N3O2. The number of hydrogen-bond acceptors (Lipinski definition) is 3. The maximum Gasteiger partial charge on any atom is 0.267 e. The van der Waals surface area contributed by atoms with Crippen LogP contribution in [0, 0.1) is 11.3 Å². The second-order valence-electron chi connectivity index (χ2n) is 3.77. The number of carbonyl (C=O) groups excluding carboxylic acids is 1. The van der Waals surface area contributed by atoms with Crippen LogP contribution in [0.25, 0.3) is 10.8 Å². The number of aromatic hydroxyl groups is 1. The average Bonchev–Trinajstić information content (AvgIpc) is 2.63. The first-order chi connectivity index (χ1) is 8.22. The van der Waals surface area contributed by atoms with Crippen molar-refractivity contribution in [3.05, 3.63) is 30.0 Å². The van der Waals surface area contributed by atoms with Gasteiger partial charge in [0.05, 0.1) is 5.69 Å². The number of aromatic nitrogens is 1. The smallest absolute Gasteiger partial charge is 0.267 e. The van der Waals surface area contributed by atoms with Crippen molar-refractivity contribution in [3.8, 4) is 11.9 Å². The molecule has 17 heavy (non-hydrogen) atoms. The van der Waals surface area contributed by atoms with Gasteiger partial charge in [-0.25, -0.2) is 0 Å². The van der Waals surface area contributed by atoms with E-state index in [1.54, 1.807) is 18.2 Å². The molecular weight excluding hydrogens is 218 g/mol. The molecule has 1 aromatic carbocycles. The Morgan fingerprint density at radius 1 is 1.35 bits per heavy atom. The Kier molecular flexibility index (Phi) is 1.80. The molecule has 0 saturated heterocycles. The molecule has 0 atom stereocenters. The topological polar surface area (TPSA) is 78.4 Å². The molecule has 1 aliphatic rings. The fraction of sp³-hybridized carbons (Fsp3) is 0.0833. The van der Waals surface area contributed by atoms with E-state index in [1.165, 1.54) is 4.57 Å². The predicted molar refractivity (Wildman–Crippen MR) is 60.8 cm³/mol. The summed E-state index contributed by atoms with van der Waals surface area (Å²) in [5, 5.41) is 20.4. The molecule has 0 saturated carbocycles. The standard InChI is InChI=1S/C12H7N3O2/c13-5-9-11-7-3-1-2-4-8(7)12(17)15(11)6-10(16)14-9/h1-4,17H,6H2. The van der Waals surface area contributed by atoms with E-state index in [1.807, 2.05) is 12.1 Å². The highest BCUT2D eigenvalue weighted by Gasteiger charge is 2.25. The molecule has 2 heterocycles. The molecule has 1 aromatic heterocycles. The minimum absolute atomic E-state index is 0.00611. The number of fused-ring (bicyclic) bond motifs is 3. The minimum atomic E-state index is -0.426. The summed E-state index contributed by atoms with van der Waals surface area (Å²) in [5.74, 6) is -0.420. The summed E-state index contributed by atoms with van der Waals surface area (Å²) >= 11 is 0. The van der Waals surface area contributed by atoms with E-state index < -0.39 is 5.91 Å². The van der Waals surface area contributed by atoms with Gasteiger partial charge >= 0.3 is 0 Å². The zero-order valence-electron chi connectivity index (χ0n) is 8.71. The molecule has 82 valence electrons. The third kappa shape index (κ3) is 1.18. The lowest BCUT2D eigenvalue weighted by molar-refractivity contribution is -0.118. The van der Waals surface area contributed by atoms with E-state index in [-0.39, 0.29) is 18.1 Å². The van der Waals surface area contributed by atoms with E-state index >= 15 is 0 Å². The average molecular weight is 225 g/mol. The molecule has 2 aromatic rings. The summed E-state index contributed by atoms with van der Waals surface area (Å²) in [7, 11) is 0. The summed E-state index contributed by atoms with van der Waals surface area (Å²) in [6.07, 6.45) is 0. The predicted octanol–water partition coefficient (Wildman–Crippen LogP) is 1.20. The third-order valence-corrected chi connectivity index (χ3v) is 2.81. The Labute approximate surface area is 96.2 Å². The highest BCUT2D eigenvalue weighted by molar-refractivity contribution is 6.23. The van der Waals surface area contributed by atoms with E-state index in [9.17, 15) is 9.90 Å². The molecule has 0 fully saturated rings. The quantitative estimate of drug-likeness (QED) is 0.731. The van der Waals surface area contributed by atoms with Crippen LogP contribution >= 0.6 is 0 Å². The van der Waals surface area contributed by atoms with Gasteiger partial charge in [-0.3, -0.25) is 9.36 Å². The highest BCUT2D eigenvalue weighted by Crippen LogP contribution is 2.33. The fourth-order valence-electron chi connectivity index (χ4n) is 2.12. The molecule has 1 amide bonds. The van der Waals surface area contributed by atoms with Crippen molar-refractivity contribution < 1.29 is 9.90 Å². The van der Waals surface area contributed by atoms with Crippen LogP contribution in [0.5, 0.6) is 5.88 Å². The summed E-state index contributed by atoms with van der Waals surface area (Å²) in [5.41, 5.74) is 0.568. The largest absolute Gasteiger partial charge is 0.494 e. The van der Waals surface area contributed by atoms with E-state index in [4.69, 9.17) is 5.26 Å². The van der Waals surface area contributed by atoms with E-state index in [0.717, 1.165) is 5.39 Å². The Hall–Kier alpha value is -2.61. The van der Waals surface area contributed by atoms with Gasteiger partial charge in [0.1, 0.15) is 12.6 Å². The molecule has 0 radical (unpaired) electrons. The summed E-state index contributed by atoms with van der Waals surface area (Å²) in [6.45, 7) is -0.0268. The van der Waals surface area contributed by atoms with Crippen molar-refractivity contribution in [2.45, 2.75) is 6.54 Å². The molecule has 1 N–H and O–H groups in total. The van der Waals surface area contributed by atoms with Crippen LogP contribution in [0.4, 0.5) is 0 Å². The first kappa shape index (κ1) is 9.60. The second kappa shape index (κ2) is 3.19. The fourth-order valence-corrected chi connectivity index (χ4v) is 2.12. The van der Waals surface area contributed by atoms with Crippen molar-refractivity contribution in [3.63, 3.8) is 0 Å². The number of carbonyl (C=O) groups is 1. The van der Waals surface area contributed by atoms with Crippen molar-refractivity contribution in [2.75, 3.05) is 0 Å². The molecule has 0 bridgehead atoms. The van der Waals surface area contributed by atoms with Gasteiger partial charge < -0.3 is 5.11 Å². The number of rotatable bonds is 0. The molecule has 1 aliphatic heterocycles. The number of amides is 1. The maximum atomic E-state index is 11.4. The molecule has 3 rings (SSSR count). The molecule has 5 nitrogen and oxygen atoms in total. The first-order valence-electron chi connectivity index (χ1n) is 5.04. The van der Waals surface area contributed by atoms with Gasteiger partial charge in [-0.15, -0.1) is 0 Å². The minimum Gasteiger partial charge on any atom is -0.494 e. The van der Waals surface area contributed by atoms with Crippen LogP contribution < -0.4 is 0 Å². The third-order valence-electron chi connectivity index (χ3n) is 2.81. The molecule has 5 heteroatoms. The summed E-state index contributed by atoms with van der Waals surface area (Å²) in [6, 6.07) is 9.04. The SMILES string of the molecule is N#CC1=NC(=O)Cn2c(O)c3ccccc3c21. The molecule has 0 unspecified atom stereocenters. The van der Waals surface area contributed by atoms with Crippen LogP contribution in [0.15, 0.2) is 29.3 Å². The lowest BCUT2D eigenvalue weighted by Crippen LogP contribution is -2.20. The Morgan fingerprint density at radius 2 is 2.06 bits per heavy atom.